The summed E-state index contributed by atoms with van der Waals surface area (Å²) in [4.78, 5) is 14.1. The number of nitrogens with zero attached hydrogens (tertiary/aromatic N) is 1. The lowest BCUT2D eigenvalue weighted by Gasteiger charge is -2.14. The number of methoxy groups -OCH3 is 2. The van der Waals surface area contributed by atoms with E-state index >= 15 is 0 Å². The number of carbonyl (C=O) groups is 1. The molecule has 0 aliphatic carbocycles. The minimum atomic E-state index is -0.0126. The van der Waals surface area contributed by atoms with Crippen molar-refractivity contribution in [2.45, 2.75) is 6.42 Å². The van der Waals surface area contributed by atoms with Crippen LogP contribution in [0.2, 0.25) is 5.02 Å². The lowest BCUT2D eigenvalue weighted by atomic mass is 10.1. The molecule has 0 bridgehead atoms. The number of carbonyl (C=O) groups excluding carboxylic acids is 1. The number of benzene rings is 1. The number of ketones is 1. The standard InChI is InChI=1S/C13H18ClNO3.ClH/c1-15(2)6-5-11(16)10-7-9(14)8-12(17-3)13(10)18-4;/h7-8H,5-6H2,1-4H3;1H. The first-order valence-electron chi connectivity index (χ1n) is 5.59. The summed E-state index contributed by atoms with van der Waals surface area (Å²) in [7, 11) is 6.86. The molecule has 0 saturated heterocycles. The SMILES string of the molecule is COc1cc(Cl)cc(C(=O)CCN(C)C)c1OC.Cl. The molecule has 0 radical (unpaired) electrons. The third-order valence-electron chi connectivity index (χ3n) is 2.53. The summed E-state index contributed by atoms with van der Waals surface area (Å²) < 4.78 is 10.4. The Balaban J connectivity index is 0.00000324. The van der Waals surface area contributed by atoms with E-state index in [0.717, 1.165) is 0 Å². The highest BCUT2D eigenvalue weighted by atomic mass is 35.5. The van der Waals surface area contributed by atoms with Crippen molar-refractivity contribution in [3.63, 3.8) is 0 Å². The summed E-state index contributed by atoms with van der Waals surface area (Å²) in [5.41, 5.74) is 0.462. The second-order valence-electron chi connectivity index (χ2n) is 4.17. The average molecular weight is 308 g/mol. The van der Waals surface area contributed by atoms with Crippen molar-refractivity contribution >= 4 is 29.8 Å². The van der Waals surface area contributed by atoms with Crippen molar-refractivity contribution in [2.24, 2.45) is 0 Å². The lowest BCUT2D eigenvalue weighted by Crippen LogP contribution is -2.17. The fourth-order valence-electron chi connectivity index (χ4n) is 1.60. The van der Waals surface area contributed by atoms with E-state index < -0.39 is 0 Å². The van der Waals surface area contributed by atoms with Gasteiger partial charge in [-0.05, 0) is 20.2 Å². The Morgan fingerprint density at radius 2 is 1.89 bits per heavy atom. The van der Waals surface area contributed by atoms with Crippen LogP contribution in [0.4, 0.5) is 0 Å². The van der Waals surface area contributed by atoms with Crippen LogP contribution in [0.15, 0.2) is 12.1 Å². The minimum absolute atomic E-state index is 0. The van der Waals surface area contributed by atoms with Gasteiger partial charge in [-0.2, -0.15) is 0 Å². The van der Waals surface area contributed by atoms with Crippen LogP contribution in [0, 0.1) is 0 Å². The molecule has 4 nitrogen and oxygen atoms in total. The molecule has 0 fully saturated rings. The first-order valence-corrected chi connectivity index (χ1v) is 5.96. The molecule has 19 heavy (non-hydrogen) atoms. The molecule has 108 valence electrons. The molecule has 0 N–H and O–H groups in total. The molecule has 0 atom stereocenters. The molecule has 0 saturated carbocycles. The Hall–Kier alpha value is -0.970. The van der Waals surface area contributed by atoms with Crippen LogP contribution in [-0.4, -0.2) is 45.5 Å². The van der Waals surface area contributed by atoms with Crippen molar-refractivity contribution in [2.75, 3.05) is 34.9 Å². The number of Topliss-reactive ketones (excluding diaryl/α,β-unsaturated/α-hetero) is 1. The third-order valence-corrected chi connectivity index (χ3v) is 2.75. The van der Waals surface area contributed by atoms with Gasteiger partial charge < -0.3 is 14.4 Å². The number of hydrogen-bond acceptors (Lipinski definition) is 4. The fraction of sp³-hybridized carbons (Fsp3) is 0.462. The zero-order valence-electron chi connectivity index (χ0n) is 11.5. The quantitative estimate of drug-likeness (QED) is 0.758. The zero-order chi connectivity index (χ0) is 13.7. The first kappa shape index (κ1) is 18.0. The van der Waals surface area contributed by atoms with Gasteiger partial charge in [-0.25, -0.2) is 0 Å². The Morgan fingerprint density at radius 1 is 1.26 bits per heavy atom. The fourth-order valence-corrected chi connectivity index (χ4v) is 1.81. The van der Waals surface area contributed by atoms with Gasteiger partial charge in [0.25, 0.3) is 0 Å². The maximum atomic E-state index is 12.1. The van der Waals surface area contributed by atoms with Crippen LogP contribution in [0.5, 0.6) is 11.5 Å². The number of ether oxygens (including phenoxy) is 2. The van der Waals surface area contributed by atoms with E-state index in [1.165, 1.54) is 14.2 Å². The molecular formula is C13H19Cl2NO3. The predicted octanol–water partition coefficient (Wildman–Crippen LogP) is 2.91. The van der Waals surface area contributed by atoms with Gasteiger partial charge >= 0.3 is 0 Å². The molecule has 0 aromatic heterocycles. The van der Waals surface area contributed by atoms with Gasteiger partial charge in [-0.3, -0.25) is 4.79 Å². The zero-order valence-corrected chi connectivity index (χ0v) is 13.1. The van der Waals surface area contributed by atoms with Crippen LogP contribution in [0.25, 0.3) is 0 Å². The summed E-state index contributed by atoms with van der Waals surface area (Å²) in [6.07, 6.45) is 0.410. The lowest BCUT2D eigenvalue weighted by molar-refractivity contribution is 0.0969. The highest BCUT2D eigenvalue weighted by Crippen LogP contribution is 2.35. The first-order chi connectivity index (χ1) is 8.49. The largest absolute Gasteiger partial charge is 0.493 e. The maximum absolute atomic E-state index is 12.1. The van der Waals surface area contributed by atoms with E-state index in [2.05, 4.69) is 0 Å². The maximum Gasteiger partial charge on any atom is 0.171 e. The molecule has 0 spiro atoms. The highest BCUT2D eigenvalue weighted by Gasteiger charge is 2.18. The Labute approximate surface area is 125 Å². The molecule has 0 aliphatic rings. The van der Waals surface area contributed by atoms with Crippen molar-refractivity contribution in [1.82, 2.24) is 4.90 Å². The third kappa shape index (κ3) is 4.90. The van der Waals surface area contributed by atoms with Gasteiger partial charge in [0.05, 0.1) is 19.8 Å². The highest BCUT2D eigenvalue weighted by molar-refractivity contribution is 6.31. The van der Waals surface area contributed by atoms with Crippen LogP contribution in [0.1, 0.15) is 16.8 Å². The van der Waals surface area contributed by atoms with Crippen LogP contribution in [-0.2, 0) is 0 Å². The smallest absolute Gasteiger partial charge is 0.171 e. The molecule has 1 aromatic rings. The average Bonchev–Trinajstić information content (AvgIpc) is 2.34. The summed E-state index contributed by atoms with van der Waals surface area (Å²) in [5, 5.41) is 0.459. The number of rotatable bonds is 6. The summed E-state index contributed by atoms with van der Waals surface area (Å²) >= 11 is 5.97. The van der Waals surface area contributed by atoms with Gasteiger partial charge in [0.2, 0.25) is 0 Å². The van der Waals surface area contributed by atoms with E-state index in [4.69, 9.17) is 21.1 Å². The predicted molar refractivity (Wildman–Crippen MR) is 79.3 cm³/mol. The van der Waals surface area contributed by atoms with Gasteiger partial charge in [-0.15, -0.1) is 12.4 Å². The van der Waals surface area contributed by atoms with Crippen molar-refractivity contribution in [3.8, 4) is 11.5 Å². The Kier molecular flexibility index (Phi) is 7.83. The van der Waals surface area contributed by atoms with E-state index in [9.17, 15) is 4.79 Å². The van der Waals surface area contributed by atoms with E-state index in [-0.39, 0.29) is 18.2 Å². The van der Waals surface area contributed by atoms with Crippen molar-refractivity contribution < 1.29 is 14.3 Å². The topological polar surface area (TPSA) is 38.8 Å². The minimum Gasteiger partial charge on any atom is -0.493 e. The Morgan fingerprint density at radius 3 is 2.37 bits per heavy atom. The summed E-state index contributed by atoms with van der Waals surface area (Å²) in [6.45, 7) is 0.677. The van der Waals surface area contributed by atoms with Gasteiger partial charge in [0, 0.05) is 24.1 Å². The van der Waals surface area contributed by atoms with Crippen LogP contribution in [0.3, 0.4) is 0 Å². The van der Waals surface area contributed by atoms with Gasteiger partial charge in [0.1, 0.15) is 0 Å². The summed E-state index contributed by atoms with van der Waals surface area (Å²) in [6, 6.07) is 3.24. The van der Waals surface area contributed by atoms with Gasteiger partial charge in [0.15, 0.2) is 17.3 Å². The number of hydrogen-bond donors (Lipinski definition) is 0. The van der Waals surface area contributed by atoms with Crippen LogP contribution < -0.4 is 9.47 Å². The molecule has 0 unspecified atom stereocenters. The van der Waals surface area contributed by atoms with Crippen LogP contribution >= 0.6 is 24.0 Å². The molecule has 1 rings (SSSR count). The molecule has 6 heteroatoms. The summed E-state index contributed by atoms with van der Waals surface area (Å²) in [5.74, 6) is 0.894. The molecule has 0 amide bonds. The van der Waals surface area contributed by atoms with Gasteiger partial charge in [-0.1, -0.05) is 11.6 Å². The Bertz CT molecular complexity index is 436. The van der Waals surface area contributed by atoms with E-state index in [0.29, 0.717) is 35.1 Å². The van der Waals surface area contributed by atoms with Crippen molar-refractivity contribution in [1.29, 1.82) is 0 Å². The van der Waals surface area contributed by atoms with E-state index in [1.807, 2.05) is 19.0 Å². The molecule has 0 aliphatic heterocycles. The van der Waals surface area contributed by atoms with E-state index in [1.54, 1.807) is 12.1 Å². The monoisotopic (exact) mass is 307 g/mol. The number of halogens is 2. The second kappa shape index (κ2) is 8.25. The molecular weight excluding hydrogens is 289 g/mol. The second-order valence-corrected chi connectivity index (χ2v) is 4.60. The molecule has 1 aromatic carbocycles. The van der Waals surface area contributed by atoms with Crippen molar-refractivity contribution in [3.05, 3.63) is 22.7 Å². The normalized spacial score (nSPS) is 10.0. The molecule has 0 heterocycles.